The smallest absolute Gasteiger partial charge is 0.278 e. The van der Waals surface area contributed by atoms with Gasteiger partial charge in [0.1, 0.15) is 17.0 Å². The number of nitrogens with zero attached hydrogens (tertiary/aromatic N) is 5. The Bertz CT molecular complexity index is 983. The van der Waals surface area contributed by atoms with Crippen molar-refractivity contribution >= 4 is 56.6 Å². The standard InChI is InChI=1S/C19H24ClN5O2S.ClH/c1-12-11-21-24(4)16(12)18(26)25(10-6-9-23(2)3)19-22-15-14(27-5)8-7-13(20)17(15)28-19;/h7-8,11H,6,9-10H2,1-5H3;1H. The molecule has 3 aromatic rings. The number of hydrogen-bond acceptors (Lipinski definition) is 6. The topological polar surface area (TPSA) is 63.5 Å². The first kappa shape index (κ1) is 23.4. The number of aryl methyl sites for hydroxylation is 2. The number of ether oxygens (including phenoxy) is 1. The molecule has 2 aromatic heterocycles. The van der Waals surface area contributed by atoms with Gasteiger partial charge >= 0.3 is 0 Å². The Labute approximate surface area is 185 Å². The first-order valence-corrected chi connectivity index (χ1v) is 10.1. The summed E-state index contributed by atoms with van der Waals surface area (Å²) in [6.07, 6.45) is 2.51. The van der Waals surface area contributed by atoms with Crippen LogP contribution in [-0.2, 0) is 7.05 Å². The second-order valence-corrected chi connectivity index (χ2v) is 8.22. The molecular formula is C19H25Cl2N5O2S. The summed E-state index contributed by atoms with van der Waals surface area (Å²) in [5.74, 6) is 0.518. The SMILES string of the molecule is COc1ccc(Cl)c2sc(N(CCCN(C)C)C(=O)c3c(C)cnn3C)nc12.Cl. The molecule has 3 rings (SSSR count). The van der Waals surface area contributed by atoms with Crippen molar-refractivity contribution in [3.05, 3.63) is 34.6 Å². The molecule has 0 unspecified atom stereocenters. The van der Waals surface area contributed by atoms with Crippen LogP contribution >= 0.6 is 35.3 Å². The first-order chi connectivity index (χ1) is 13.3. The summed E-state index contributed by atoms with van der Waals surface area (Å²) in [6.45, 7) is 3.29. The molecule has 158 valence electrons. The summed E-state index contributed by atoms with van der Waals surface area (Å²) < 4.78 is 7.84. The van der Waals surface area contributed by atoms with Gasteiger partial charge in [0.2, 0.25) is 0 Å². The largest absolute Gasteiger partial charge is 0.494 e. The van der Waals surface area contributed by atoms with Gasteiger partial charge in [0.25, 0.3) is 5.91 Å². The number of benzene rings is 1. The van der Waals surface area contributed by atoms with E-state index in [4.69, 9.17) is 21.3 Å². The number of carbonyl (C=O) groups is 1. The number of rotatable bonds is 7. The van der Waals surface area contributed by atoms with E-state index in [0.29, 0.717) is 33.7 Å². The van der Waals surface area contributed by atoms with E-state index in [-0.39, 0.29) is 18.3 Å². The summed E-state index contributed by atoms with van der Waals surface area (Å²) in [7, 11) is 7.40. The third-order valence-electron chi connectivity index (χ3n) is 4.45. The molecule has 2 heterocycles. The molecule has 1 amide bonds. The highest BCUT2D eigenvalue weighted by Gasteiger charge is 2.26. The number of halogens is 2. The number of carbonyl (C=O) groups excluding carboxylic acids is 1. The Kier molecular flexibility index (Phi) is 7.87. The van der Waals surface area contributed by atoms with E-state index in [1.807, 2.05) is 21.0 Å². The molecule has 0 atom stereocenters. The average molecular weight is 458 g/mol. The molecule has 0 N–H and O–H groups in total. The molecule has 0 fully saturated rings. The van der Waals surface area contributed by atoms with E-state index in [2.05, 4.69) is 10.00 Å². The highest BCUT2D eigenvalue weighted by molar-refractivity contribution is 7.23. The molecular weight excluding hydrogens is 433 g/mol. The van der Waals surface area contributed by atoms with Gasteiger partial charge in [-0.1, -0.05) is 22.9 Å². The van der Waals surface area contributed by atoms with E-state index in [1.54, 1.807) is 42.1 Å². The van der Waals surface area contributed by atoms with Gasteiger partial charge in [0.15, 0.2) is 5.13 Å². The maximum Gasteiger partial charge on any atom is 0.278 e. The van der Waals surface area contributed by atoms with Gasteiger partial charge in [-0.15, -0.1) is 12.4 Å². The summed E-state index contributed by atoms with van der Waals surface area (Å²) in [5, 5.41) is 5.41. The normalized spacial score (nSPS) is 11.0. The molecule has 0 spiro atoms. The van der Waals surface area contributed by atoms with Crippen molar-refractivity contribution in [2.75, 3.05) is 39.2 Å². The number of fused-ring (bicyclic) bond motifs is 1. The van der Waals surface area contributed by atoms with Gasteiger partial charge in [0, 0.05) is 13.6 Å². The zero-order chi connectivity index (χ0) is 20.4. The fourth-order valence-corrected chi connectivity index (χ4v) is 4.31. The third-order valence-corrected chi connectivity index (χ3v) is 5.99. The number of amides is 1. The molecule has 29 heavy (non-hydrogen) atoms. The Morgan fingerprint density at radius 2 is 2.03 bits per heavy atom. The number of aromatic nitrogens is 3. The Hall–Kier alpha value is -1.87. The minimum absolute atomic E-state index is 0. The molecule has 0 saturated carbocycles. The monoisotopic (exact) mass is 457 g/mol. The van der Waals surface area contributed by atoms with Crippen molar-refractivity contribution in [1.29, 1.82) is 0 Å². The van der Waals surface area contributed by atoms with E-state index in [0.717, 1.165) is 23.2 Å². The Morgan fingerprint density at radius 3 is 2.62 bits per heavy atom. The van der Waals surface area contributed by atoms with E-state index in [1.165, 1.54) is 11.3 Å². The minimum Gasteiger partial charge on any atom is -0.494 e. The summed E-state index contributed by atoms with van der Waals surface area (Å²) in [4.78, 5) is 21.9. The highest BCUT2D eigenvalue weighted by atomic mass is 35.5. The van der Waals surface area contributed by atoms with Crippen LogP contribution in [0, 0.1) is 6.92 Å². The average Bonchev–Trinajstić information content (AvgIpc) is 3.23. The van der Waals surface area contributed by atoms with Crippen molar-refractivity contribution in [1.82, 2.24) is 19.7 Å². The van der Waals surface area contributed by atoms with Crippen LogP contribution in [-0.4, -0.2) is 59.9 Å². The van der Waals surface area contributed by atoms with Crippen molar-refractivity contribution in [2.24, 2.45) is 7.05 Å². The Morgan fingerprint density at radius 1 is 1.31 bits per heavy atom. The fourth-order valence-electron chi connectivity index (χ4n) is 3.03. The number of hydrogen-bond donors (Lipinski definition) is 0. The first-order valence-electron chi connectivity index (χ1n) is 8.91. The lowest BCUT2D eigenvalue weighted by Gasteiger charge is -2.21. The molecule has 0 radical (unpaired) electrons. The number of thiazole rings is 1. The van der Waals surface area contributed by atoms with Gasteiger partial charge in [-0.25, -0.2) is 4.98 Å². The van der Waals surface area contributed by atoms with Crippen molar-refractivity contribution < 1.29 is 9.53 Å². The lowest BCUT2D eigenvalue weighted by Crippen LogP contribution is -2.35. The van der Waals surface area contributed by atoms with Crippen LogP contribution in [0.1, 0.15) is 22.5 Å². The van der Waals surface area contributed by atoms with E-state index >= 15 is 0 Å². The van der Waals surface area contributed by atoms with Gasteiger partial charge in [-0.3, -0.25) is 14.4 Å². The fraction of sp³-hybridized carbons (Fsp3) is 0.421. The van der Waals surface area contributed by atoms with Gasteiger partial charge in [0.05, 0.1) is 23.0 Å². The summed E-state index contributed by atoms with van der Waals surface area (Å²) >= 11 is 7.77. The third kappa shape index (κ3) is 4.83. The molecule has 10 heteroatoms. The number of methoxy groups -OCH3 is 1. The second-order valence-electron chi connectivity index (χ2n) is 6.84. The zero-order valence-electron chi connectivity index (χ0n) is 17.1. The summed E-state index contributed by atoms with van der Waals surface area (Å²) in [5.41, 5.74) is 2.06. The van der Waals surface area contributed by atoms with Crippen molar-refractivity contribution in [2.45, 2.75) is 13.3 Å². The van der Waals surface area contributed by atoms with E-state index < -0.39 is 0 Å². The van der Waals surface area contributed by atoms with Crippen LogP contribution in [0.5, 0.6) is 5.75 Å². The van der Waals surface area contributed by atoms with Crippen LogP contribution < -0.4 is 9.64 Å². The van der Waals surface area contributed by atoms with Gasteiger partial charge in [-0.2, -0.15) is 5.10 Å². The van der Waals surface area contributed by atoms with Crippen LogP contribution in [0.4, 0.5) is 5.13 Å². The maximum atomic E-state index is 13.4. The molecule has 7 nitrogen and oxygen atoms in total. The molecule has 0 aliphatic carbocycles. The zero-order valence-corrected chi connectivity index (χ0v) is 19.5. The molecule has 1 aromatic carbocycles. The van der Waals surface area contributed by atoms with Gasteiger partial charge in [-0.05, 0) is 51.7 Å². The molecule has 0 saturated heterocycles. The minimum atomic E-state index is -0.120. The van der Waals surface area contributed by atoms with Crippen LogP contribution in [0.25, 0.3) is 10.2 Å². The number of anilines is 1. The van der Waals surface area contributed by atoms with Crippen molar-refractivity contribution in [3.8, 4) is 5.75 Å². The molecule has 0 aliphatic rings. The Balaban J connectivity index is 0.00000300. The van der Waals surface area contributed by atoms with E-state index in [9.17, 15) is 4.79 Å². The summed E-state index contributed by atoms with van der Waals surface area (Å²) in [6, 6.07) is 3.58. The van der Waals surface area contributed by atoms with Crippen LogP contribution in [0.15, 0.2) is 18.3 Å². The molecule has 0 aliphatic heterocycles. The lowest BCUT2D eigenvalue weighted by atomic mass is 10.2. The van der Waals surface area contributed by atoms with Gasteiger partial charge < -0.3 is 9.64 Å². The maximum absolute atomic E-state index is 13.4. The van der Waals surface area contributed by atoms with Crippen molar-refractivity contribution in [3.63, 3.8) is 0 Å². The van der Waals surface area contributed by atoms with Crippen LogP contribution in [0.2, 0.25) is 5.02 Å². The quantitative estimate of drug-likeness (QED) is 0.535. The molecule has 0 bridgehead atoms. The lowest BCUT2D eigenvalue weighted by molar-refractivity contribution is 0.0976. The predicted molar refractivity (Wildman–Crippen MR) is 121 cm³/mol. The highest BCUT2D eigenvalue weighted by Crippen LogP contribution is 2.39. The second kappa shape index (κ2) is 9.75. The van der Waals surface area contributed by atoms with Crippen LogP contribution in [0.3, 0.4) is 0 Å². The predicted octanol–water partition coefficient (Wildman–Crippen LogP) is 4.02.